The number of carbonyl (C=O) groups excluding carboxylic acids is 1. The molecule has 0 unspecified atom stereocenters. The molecule has 86 valence electrons. The molecule has 0 aromatic heterocycles. The number of methoxy groups -OCH3 is 1. The van der Waals surface area contributed by atoms with Gasteiger partial charge in [-0.25, -0.2) is 0 Å². The van der Waals surface area contributed by atoms with Gasteiger partial charge in [0.05, 0.1) is 19.3 Å². The van der Waals surface area contributed by atoms with Crippen LogP contribution in [0.15, 0.2) is 30.3 Å². The Morgan fingerprint density at radius 1 is 1.29 bits per heavy atom. The summed E-state index contributed by atoms with van der Waals surface area (Å²) in [6.45, 7) is 2.26. The van der Waals surface area contributed by atoms with Crippen molar-refractivity contribution in [3.05, 3.63) is 35.9 Å². The third-order valence-corrected chi connectivity index (χ3v) is 3.28. The van der Waals surface area contributed by atoms with E-state index in [-0.39, 0.29) is 5.91 Å². The third-order valence-electron chi connectivity index (χ3n) is 3.28. The number of anilines is 1. The monoisotopic (exact) mass is 227 g/mol. The molecule has 3 rings (SSSR count). The van der Waals surface area contributed by atoms with Crippen molar-refractivity contribution < 1.29 is 9.53 Å². The summed E-state index contributed by atoms with van der Waals surface area (Å²) in [5, 5.41) is 2.22. The Hall–Kier alpha value is -2.03. The first-order valence-corrected chi connectivity index (χ1v) is 5.59. The molecular weight excluding hydrogens is 214 g/mol. The van der Waals surface area contributed by atoms with Crippen LogP contribution in [-0.2, 0) is 11.3 Å². The Balaban J connectivity index is 2.35. The standard InChI is InChI=1S/C14H13NO2/c1-9(16)15-8-10-6-7-13(17-2)11-4-3-5-12(15)14(10)11/h3-7H,8H2,1-2H3. The fourth-order valence-electron chi connectivity index (χ4n) is 2.50. The van der Waals surface area contributed by atoms with Crippen LogP contribution in [0.25, 0.3) is 10.8 Å². The second-order valence-electron chi connectivity index (χ2n) is 4.23. The molecule has 0 N–H and O–H groups in total. The number of ether oxygens (including phenoxy) is 1. The molecule has 0 atom stereocenters. The second-order valence-corrected chi connectivity index (χ2v) is 4.23. The molecule has 1 aliphatic heterocycles. The molecule has 2 aromatic carbocycles. The number of hydrogen-bond donors (Lipinski definition) is 0. The Morgan fingerprint density at radius 3 is 2.82 bits per heavy atom. The molecule has 0 bridgehead atoms. The van der Waals surface area contributed by atoms with Crippen molar-refractivity contribution in [1.82, 2.24) is 0 Å². The lowest BCUT2D eigenvalue weighted by atomic mass is 10.0. The van der Waals surface area contributed by atoms with Gasteiger partial charge in [0.2, 0.25) is 5.91 Å². The number of nitrogens with zero attached hydrogens (tertiary/aromatic N) is 1. The molecule has 1 amide bonds. The zero-order valence-corrected chi connectivity index (χ0v) is 9.86. The molecule has 0 spiro atoms. The first kappa shape index (κ1) is 10.1. The lowest BCUT2D eigenvalue weighted by molar-refractivity contribution is -0.116. The lowest BCUT2D eigenvalue weighted by Gasteiger charge is -2.14. The molecule has 1 heterocycles. The maximum Gasteiger partial charge on any atom is 0.224 e. The van der Waals surface area contributed by atoms with Crippen molar-refractivity contribution in [2.75, 3.05) is 12.0 Å². The Bertz CT molecular complexity index is 619. The van der Waals surface area contributed by atoms with Crippen LogP contribution in [0.1, 0.15) is 12.5 Å². The van der Waals surface area contributed by atoms with E-state index in [4.69, 9.17) is 4.74 Å². The predicted octanol–water partition coefficient (Wildman–Crippen LogP) is 2.71. The first-order chi connectivity index (χ1) is 8.22. The van der Waals surface area contributed by atoms with Gasteiger partial charge in [0, 0.05) is 17.7 Å². The highest BCUT2D eigenvalue weighted by Crippen LogP contribution is 2.40. The van der Waals surface area contributed by atoms with Gasteiger partial charge in [-0.1, -0.05) is 18.2 Å². The topological polar surface area (TPSA) is 29.5 Å². The number of rotatable bonds is 1. The van der Waals surface area contributed by atoms with Crippen LogP contribution in [0.5, 0.6) is 5.75 Å². The van der Waals surface area contributed by atoms with Gasteiger partial charge in [-0.2, -0.15) is 0 Å². The van der Waals surface area contributed by atoms with Gasteiger partial charge in [-0.05, 0) is 17.7 Å². The summed E-state index contributed by atoms with van der Waals surface area (Å²) in [6, 6.07) is 9.98. The fourth-order valence-corrected chi connectivity index (χ4v) is 2.50. The smallest absolute Gasteiger partial charge is 0.224 e. The van der Waals surface area contributed by atoms with Gasteiger partial charge in [0.25, 0.3) is 0 Å². The minimum atomic E-state index is 0.0765. The number of carbonyl (C=O) groups is 1. The van der Waals surface area contributed by atoms with Crippen LogP contribution >= 0.6 is 0 Å². The molecule has 0 radical (unpaired) electrons. The highest BCUT2D eigenvalue weighted by Gasteiger charge is 2.24. The van der Waals surface area contributed by atoms with Crippen LogP contribution in [-0.4, -0.2) is 13.0 Å². The fraction of sp³-hybridized carbons (Fsp3) is 0.214. The van der Waals surface area contributed by atoms with Gasteiger partial charge >= 0.3 is 0 Å². The van der Waals surface area contributed by atoms with Crippen LogP contribution < -0.4 is 9.64 Å². The van der Waals surface area contributed by atoms with E-state index in [0.29, 0.717) is 6.54 Å². The summed E-state index contributed by atoms with van der Waals surface area (Å²) in [5.41, 5.74) is 2.18. The van der Waals surface area contributed by atoms with E-state index in [1.54, 1.807) is 18.9 Å². The minimum absolute atomic E-state index is 0.0765. The van der Waals surface area contributed by atoms with Crippen LogP contribution in [0.4, 0.5) is 5.69 Å². The third kappa shape index (κ3) is 1.32. The normalized spacial score (nSPS) is 13.2. The number of benzene rings is 2. The molecule has 3 nitrogen and oxygen atoms in total. The molecule has 17 heavy (non-hydrogen) atoms. The quantitative estimate of drug-likeness (QED) is 0.749. The SMILES string of the molecule is COc1ccc2c3c(cccc13)N(C(C)=O)C2. The zero-order chi connectivity index (χ0) is 12.0. The summed E-state index contributed by atoms with van der Waals surface area (Å²) in [5.74, 6) is 0.934. The van der Waals surface area contributed by atoms with Gasteiger partial charge in [0.1, 0.15) is 5.75 Å². The highest BCUT2D eigenvalue weighted by molar-refractivity contribution is 6.09. The van der Waals surface area contributed by atoms with E-state index < -0.39 is 0 Å². The first-order valence-electron chi connectivity index (χ1n) is 5.59. The Labute approximate surface area is 99.6 Å². The summed E-state index contributed by atoms with van der Waals surface area (Å²) in [6.07, 6.45) is 0. The molecular formula is C14H13NO2. The van der Waals surface area contributed by atoms with Gasteiger partial charge in [-0.15, -0.1) is 0 Å². The van der Waals surface area contributed by atoms with E-state index in [2.05, 4.69) is 0 Å². The van der Waals surface area contributed by atoms with Crippen molar-refractivity contribution >= 4 is 22.4 Å². The van der Waals surface area contributed by atoms with Crippen LogP contribution in [0.2, 0.25) is 0 Å². The van der Waals surface area contributed by atoms with E-state index in [9.17, 15) is 4.79 Å². The van der Waals surface area contributed by atoms with Crippen LogP contribution in [0.3, 0.4) is 0 Å². The van der Waals surface area contributed by atoms with Crippen molar-refractivity contribution in [3.8, 4) is 5.75 Å². The van der Waals surface area contributed by atoms with Crippen LogP contribution in [0, 0.1) is 0 Å². The molecule has 0 saturated carbocycles. The zero-order valence-electron chi connectivity index (χ0n) is 9.86. The summed E-state index contributed by atoms with van der Waals surface area (Å²) < 4.78 is 5.36. The van der Waals surface area contributed by atoms with Gasteiger partial charge < -0.3 is 9.64 Å². The maximum absolute atomic E-state index is 11.6. The molecule has 0 fully saturated rings. The highest BCUT2D eigenvalue weighted by atomic mass is 16.5. The summed E-state index contributed by atoms with van der Waals surface area (Å²) in [4.78, 5) is 13.4. The molecule has 1 aliphatic rings. The van der Waals surface area contributed by atoms with Crippen molar-refractivity contribution in [1.29, 1.82) is 0 Å². The molecule has 0 aliphatic carbocycles. The minimum Gasteiger partial charge on any atom is -0.496 e. The summed E-state index contributed by atoms with van der Waals surface area (Å²) >= 11 is 0. The molecule has 3 heteroatoms. The average molecular weight is 227 g/mol. The van der Waals surface area contributed by atoms with Crippen molar-refractivity contribution in [2.24, 2.45) is 0 Å². The summed E-state index contributed by atoms with van der Waals surface area (Å²) in [7, 11) is 1.67. The van der Waals surface area contributed by atoms with E-state index >= 15 is 0 Å². The maximum atomic E-state index is 11.6. The Kier molecular flexibility index (Phi) is 2.08. The molecule has 0 saturated heterocycles. The Morgan fingerprint density at radius 2 is 2.12 bits per heavy atom. The molecule has 2 aromatic rings. The van der Waals surface area contributed by atoms with E-state index in [1.807, 2.05) is 30.3 Å². The lowest BCUT2D eigenvalue weighted by Crippen LogP contribution is -2.23. The largest absolute Gasteiger partial charge is 0.496 e. The number of amides is 1. The predicted molar refractivity (Wildman–Crippen MR) is 67.4 cm³/mol. The average Bonchev–Trinajstić information content (AvgIpc) is 2.71. The van der Waals surface area contributed by atoms with Gasteiger partial charge in [-0.3, -0.25) is 4.79 Å². The number of hydrogen-bond acceptors (Lipinski definition) is 2. The van der Waals surface area contributed by atoms with Crippen molar-refractivity contribution in [3.63, 3.8) is 0 Å². The van der Waals surface area contributed by atoms with E-state index in [0.717, 1.165) is 22.2 Å². The van der Waals surface area contributed by atoms with Crippen molar-refractivity contribution in [2.45, 2.75) is 13.5 Å². The van der Waals surface area contributed by atoms with E-state index in [1.165, 1.54) is 5.56 Å². The second kappa shape index (κ2) is 3.48. The van der Waals surface area contributed by atoms with Gasteiger partial charge in [0.15, 0.2) is 0 Å².